The van der Waals surface area contributed by atoms with Gasteiger partial charge in [-0.15, -0.1) is 0 Å². The van der Waals surface area contributed by atoms with Crippen LogP contribution in [0.25, 0.3) is 0 Å². The first-order valence-corrected chi connectivity index (χ1v) is 5.72. The van der Waals surface area contributed by atoms with Gasteiger partial charge in [0.05, 0.1) is 0 Å². The van der Waals surface area contributed by atoms with Crippen molar-refractivity contribution >= 4 is 0 Å². The molecule has 0 heterocycles. The van der Waals surface area contributed by atoms with Gasteiger partial charge in [-0.1, -0.05) is 59.6 Å². The fraction of sp³-hybridized carbons (Fsp3) is 0.846. The van der Waals surface area contributed by atoms with Crippen LogP contribution in [0.2, 0.25) is 0 Å². The SMILES string of the molecule is C=C(CC)C(C)C(C)C(C)CCC. The molecule has 78 valence electrons. The largest absolute Gasteiger partial charge is 0.0996 e. The number of hydrogen-bond acceptors (Lipinski definition) is 0. The van der Waals surface area contributed by atoms with E-state index in [0.717, 1.165) is 18.3 Å². The van der Waals surface area contributed by atoms with Crippen LogP contribution in [0, 0.1) is 17.8 Å². The van der Waals surface area contributed by atoms with Crippen molar-refractivity contribution in [1.82, 2.24) is 0 Å². The second-order valence-corrected chi connectivity index (χ2v) is 4.43. The van der Waals surface area contributed by atoms with E-state index >= 15 is 0 Å². The van der Waals surface area contributed by atoms with Crippen molar-refractivity contribution in [2.24, 2.45) is 17.8 Å². The summed E-state index contributed by atoms with van der Waals surface area (Å²) in [6, 6.07) is 0. The van der Waals surface area contributed by atoms with E-state index in [0.29, 0.717) is 5.92 Å². The third kappa shape index (κ3) is 3.97. The summed E-state index contributed by atoms with van der Waals surface area (Å²) in [5.41, 5.74) is 1.41. The molecule has 0 amide bonds. The molecule has 0 heteroatoms. The zero-order chi connectivity index (χ0) is 10.4. The number of allylic oxidation sites excluding steroid dienone is 1. The molecule has 0 saturated carbocycles. The van der Waals surface area contributed by atoms with Crippen LogP contribution in [-0.4, -0.2) is 0 Å². The molecule has 0 aliphatic rings. The summed E-state index contributed by atoms with van der Waals surface area (Å²) < 4.78 is 0. The fourth-order valence-corrected chi connectivity index (χ4v) is 1.90. The van der Waals surface area contributed by atoms with Crippen molar-refractivity contribution in [2.45, 2.75) is 53.9 Å². The molecule has 0 bridgehead atoms. The van der Waals surface area contributed by atoms with Crippen molar-refractivity contribution in [3.05, 3.63) is 12.2 Å². The van der Waals surface area contributed by atoms with Crippen LogP contribution in [0.3, 0.4) is 0 Å². The molecule has 0 fully saturated rings. The van der Waals surface area contributed by atoms with Crippen LogP contribution in [0.5, 0.6) is 0 Å². The van der Waals surface area contributed by atoms with Gasteiger partial charge in [-0.05, 0) is 24.2 Å². The van der Waals surface area contributed by atoms with E-state index in [1.54, 1.807) is 0 Å². The molecule has 3 atom stereocenters. The Balaban J connectivity index is 4.07. The maximum absolute atomic E-state index is 4.14. The summed E-state index contributed by atoms with van der Waals surface area (Å²) >= 11 is 0. The molecule has 0 spiro atoms. The van der Waals surface area contributed by atoms with Gasteiger partial charge >= 0.3 is 0 Å². The van der Waals surface area contributed by atoms with Gasteiger partial charge in [-0.3, -0.25) is 0 Å². The molecular weight excluding hydrogens is 156 g/mol. The van der Waals surface area contributed by atoms with Crippen LogP contribution in [0.4, 0.5) is 0 Å². The molecule has 0 radical (unpaired) electrons. The molecular formula is C13H26. The lowest BCUT2D eigenvalue weighted by molar-refractivity contribution is 0.289. The summed E-state index contributed by atoms with van der Waals surface area (Å²) in [4.78, 5) is 0. The average molecular weight is 182 g/mol. The lowest BCUT2D eigenvalue weighted by atomic mass is 9.79. The Morgan fingerprint density at radius 2 is 1.69 bits per heavy atom. The van der Waals surface area contributed by atoms with Crippen LogP contribution in [-0.2, 0) is 0 Å². The first kappa shape index (κ1) is 12.7. The highest BCUT2D eigenvalue weighted by atomic mass is 14.2. The molecule has 0 aromatic rings. The van der Waals surface area contributed by atoms with Crippen molar-refractivity contribution in [1.29, 1.82) is 0 Å². The number of rotatable bonds is 6. The standard InChI is InChI=1S/C13H26/c1-7-9-11(4)13(6)12(5)10(3)8-2/h11-13H,3,7-9H2,1-2,4-6H3. The van der Waals surface area contributed by atoms with Crippen LogP contribution in [0.15, 0.2) is 12.2 Å². The Kier molecular flexibility index (Phi) is 6.11. The van der Waals surface area contributed by atoms with Crippen LogP contribution >= 0.6 is 0 Å². The quantitative estimate of drug-likeness (QED) is 0.524. The van der Waals surface area contributed by atoms with Gasteiger partial charge in [0.15, 0.2) is 0 Å². The Morgan fingerprint density at radius 3 is 2.08 bits per heavy atom. The van der Waals surface area contributed by atoms with Crippen molar-refractivity contribution in [2.75, 3.05) is 0 Å². The maximum Gasteiger partial charge on any atom is -0.0206 e. The predicted octanol–water partition coefficient (Wildman–Crippen LogP) is 4.66. The predicted molar refractivity (Wildman–Crippen MR) is 61.8 cm³/mol. The highest BCUT2D eigenvalue weighted by molar-refractivity contribution is 5.00. The first-order valence-electron chi connectivity index (χ1n) is 5.72. The van der Waals surface area contributed by atoms with E-state index in [1.807, 2.05) is 0 Å². The van der Waals surface area contributed by atoms with Gasteiger partial charge in [0.2, 0.25) is 0 Å². The molecule has 0 aliphatic heterocycles. The Labute approximate surface area is 84.4 Å². The monoisotopic (exact) mass is 182 g/mol. The van der Waals surface area contributed by atoms with Gasteiger partial charge in [-0.2, -0.15) is 0 Å². The molecule has 0 nitrogen and oxygen atoms in total. The van der Waals surface area contributed by atoms with E-state index in [4.69, 9.17) is 0 Å². The van der Waals surface area contributed by atoms with Gasteiger partial charge in [0.1, 0.15) is 0 Å². The zero-order valence-electron chi connectivity index (χ0n) is 10.1. The smallest absolute Gasteiger partial charge is 0.0206 e. The van der Waals surface area contributed by atoms with Gasteiger partial charge in [0.25, 0.3) is 0 Å². The number of hydrogen-bond donors (Lipinski definition) is 0. The molecule has 3 unspecified atom stereocenters. The molecule has 13 heavy (non-hydrogen) atoms. The van der Waals surface area contributed by atoms with E-state index in [-0.39, 0.29) is 0 Å². The minimum absolute atomic E-state index is 0.687. The van der Waals surface area contributed by atoms with E-state index in [2.05, 4.69) is 41.2 Å². The topological polar surface area (TPSA) is 0 Å². The third-order valence-corrected chi connectivity index (χ3v) is 3.53. The molecule has 0 rings (SSSR count). The lowest BCUT2D eigenvalue weighted by Crippen LogP contribution is -2.17. The summed E-state index contributed by atoms with van der Waals surface area (Å²) in [7, 11) is 0. The van der Waals surface area contributed by atoms with Crippen molar-refractivity contribution in [3.8, 4) is 0 Å². The van der Waals surface area contributed by atoms with Gasteiger partial charge < -0.3 is 0 Å². The Bertz CT molecular complexity index is 146. The lowest BCUT2D eigenvalue weighted by Gasteiger charge is -2.27. The minimum atomic E-state index is 0.687. The average Bonchev–Trinajstić information content (AvgIpc) is 2.14. The summed E-state index contributed by atoms with van der Waals surface area (Å²) in [6.45, 7) is 15.7. The van der Waals surface area contributed by atoms with Crippen LogP contribution < -0.4 is 0 Å². The summed E-state index contributed by atoms with van der Waals surface area (Å²) in [5.74, 6) is 2.31. The van der Waals surface area contributed by atoms with Crippen molar-refractivity contribution in [3.63, 3.8) is 0 Å². The third-order valence-electron chi connectivity index (χ3n) is 3.53. The second-order valence-electron chi connectivity index (χ2n) is 4.43. The van der Waals surface area contributed by atoms with Crippen molar-refractivity contribution < 1.29 is 0 Å². The molecule has 0 saturated heterocycles. The molecule has 0 aromatic heterocycles. The molecule has 0 aromatic carbocycles. The minimum Gasteiger partial charge on any atom is -0.0996 e. The fourth-order valence-electron chi connectivity index (χ4n) is 1.90. The van der Waals surface area contributed by atoms with E-state index in [1.165, 1.54) is 18.4 Å². The normalized spacial score (nSPS) is 17.9. The maximum atomic E-state index is 4.14. The highest BCUT2D eigenvalue weighted by Gasteiger charge is 2.19. The zero-order valence-corrected chi connectivity index (χ0v) is 10.1. The van der Waals surface area contributed by atoms with E-state index < -0.39 is 0 Å². The molecule has 0 aliphatic carbocycles. The summed E-state index contributed by atoms with van der Waals surface area (Å²) in [6.07, 6.45) is 3.78. The van der Waals surface area contributed by atoms with Gasteiger partial charge in [-0.25, -0.2) is 0 Å². The Morgan fingerprint density at radius 1 is 1.15 bits per heavy atom. The second kappa shape index (κ2) is 6.23. The first-order chi connectivity index (χ1) is 6.04. The summed E-state index contributed by atoms with van der Waals surface area (Å²) in [5, 5.41) is 0. The van der Waals surface area contributed by atoms with E-state index in [9.17, 15) is 0 Å². The van der Waals surface area contributed by atoms with Crippen LogP contribution in [0.1, 0.15) is 53.9 Å². The Hall–Kier alpha value is -0.260. The highest BCUT2D eigenvalue weighted by Crippen LogP contribution is 2.29. The molecule has 0 N–H and O–H groups in total. The van der Waals surface area contributed by atoms with Gasteiger partial charge in [0, 0.05) is 0 Å².